The van der Waals surface area contributed by atoms with Gasteiger partial charge in [-0.3, -0.25) is 4.79 Å². The normalized spacial score (nSPS) is 13.7. The van der Waals surface area contributed by atoms with Crippen molar-refractivity contribution in [3.05, 3.63) is 0 Å². The lowest BCUT2D eigenvalue weighted by atomic mass is 10.9. The fourth-order valence-corrected chi connectivity index (χ4v) is 0.287. The Morgan fingerprint density at radius 1 is 2.00 bits per heavy atom. The second-order valence-electron chi connectivity index (χ2n) is 0.907. The Labute approximate surface area is 39.7 Å². The van der Waals surface area contributed by atoms with Gasteiger partial charge in [-0.2, -0.15) is 0 Å². The average Bonchev–Trinajstić information content (AvgIpc) is 1.35. The summed E-state index contributed by atoms with van der Waals surface area (Å²) in [5.41, 5.74) is 0. The van der Waals surface area contributed by atoms with Gasteiger partial charge in [0.05, 0.1) is 6.26 Å². The number of aldehydes is 1. The van der Waals surface area contributed by atoms with E-state index in [1.807, 2.05) is 0 Å². The molecular weight excluding hydrogens is 100 g/mol. The molecule has 0 aliphatic carbocycles. The third kappa shape index (κ3) is 3.98. The monoisotopic (exact) mass is 106 g/mol. The van der Waals surface area contributed by atoms with Crippen molar-refractivity contribution < 1.29 is 9.35 Å². The van der Waals surface area contributed by atoms with Gasteiger partial charge in [-0.05, 0) is 11.2 Å². The third-order valence-electron chi connectivity index (χ3n) is 0.303. The lowest BCUT2D eigenvalue weighted by Gasteiger charge is -1.94. The SMILES string of the molecule is C[S+]([O-])CC=O. The van der Waals surface area contributed by atoms with E-state index in [4.69, 9.17) is 0 Å². The van der Waals surface area contributed by atoms with Gasteiger partial charge in [0.1, 0.15) is 0 Å². The largest absolute Gasteiger partial charge is 0.616 e. The van der Waals surface area contributed by atoms with Crippen molar-refractivity contribution in [3.8, 4) is 0 Å². The zero-order chi connectivity index (χ0) is 4.99. The van der Waals surface area contributed by atoms with E-state index < -0.39 is 11.2 Å². The zero-order valence-corrected chi connectivity index (χ0v) is 4.33. The second-order valence-corrected chi connectivity index (χ2v) is 2.39. The number of carbonyl (C=O) groups is 1. The van der Waals surface area contributed by atoms with E-state index in [0.29, 0.717) is 6.29 Å². The summed E-state index contributed by atoms with van der Waals surface area (Å²) in [5, 5.41) is 0. The topological polar surface area (TPSA) is 40.1 Å². The lowest BCUT2D eigenvalue weighted by Crippen LogP contribution is -2.02. The van der Waals surface area contributed by atoms with Crippen LogP contribution in [0.25, 0.3) is 0 Å². The molecule has 0 radical (unpaired) electrons. The molecule has 0 spiro atoms. The molecule has 3 heteroatoms. The van der Waals surface area contributed by atoms with Gasteiger partial charge in [0, 0.05) is 0 Å². The predicted molar refractivity (Wildman–Crippen MR) is 25.0 cm³/mol. The maximum Gasteiger partial charge on any atom is 0.169 e. The highest BCUT2D eigenvalue weighted by molar-refractivity contribution is 7.91. The van der Waals surface area contributed by atoms with Crippen LogP contribution in [0, 0.1) is 0 Å². The first-order chi connectivity index (χ1) is 2.77. The van der Waals surface area contributed by atoms with E-state index in [1.165, 1.54) is 6.26 Å². The molecule has 36 valence electrons. The molecule has 0 fully saturated rings. The maximum atomic E-state index is 9.92. The van der Waals surface area contributed by atoms with Crippen molar-refractivity contribution in [1.29, 1.82) is 0 Å². The Bertz CT molecular complexity index is 44.1. The molecule has 0 aromatic rings. The second kappa shape index (κ2) is 3.18. The molecule has 0 N–H and O–H groups in total. The summed E-state index contributed by atoms with van der Waals surface area (Å²) in [6.07, 6.45) is 2.14. The minimum atomic E-state index is -0.934. The standard InChI is InChI=1S/C3H6O2S/c1-6(5)3-2-4/h2H,3H2,1H3. The maximum absolute atomic E-state index is 9.92. The van der Waals surface area contributed by atoms with E-state index in [2.05, 4.69) is 0 Å². The van der Waals surface area contributed by atoms with Crippen molar-refractivity contribution in [2.45, 2.75) is 0 Å². The summed E-state index contributed by atoms with van der Waals surface area (Å²) < 4.78 is 9.92. The van der Waals surface area contributed by atoms with Gasteiger partial charge in [-0.15, -0.1) is 0 Å². The van der Waals surface area contributed by atoms with Crippen molar-refractivity contribution in [1.82, 2.24) is 0 Å². The number of rotatable bonds is 2. The van der Waals surface area contributed by atoms with Crippen LogP contribution in [0.4, 0.5) is 0 Å². The summed E-state index contributed by atoms with van der Waals surface area (Å²) >= 11 is -0.934. The van der Waals surface area contributed by atoms with Gasteiger partial charge in [0.25, 0.3) is 0 Å². The molecule has 0 aliphatic rings. The molecule has 6 heavy (non-hydrogen) atoms. The van der Waals surface area contributed by atoms with Gasteiger partial charge in [0.15, 0.2) is 12.0 Å². The Balaban J connectivity index is 2.81. The van der Waals surface area contributed by atoms with Crippen LogP contribution in [0.3, 0.4) is 0 Å². The summed E-state index contributed by atoms with van der Waals surface area (Å²) in [6.45, 7) is 0. The van der Waals surface area contributed by atoms with E-state index >= 15 is 0 Å². The highest BCUT2D eigenvalue weighted by Gasteiger charge is 1.88. The van der Waals surface area contributed by atoms with Crippen LogP contribution in [0.2, 0.25) is 0 Å². The van der Waals surface area contributed by atoms with E-state index in [9.17, 15) is 9.35 Å². The quantitative estimate of drug-likeness (QED) is 0.354. The van der Waals surface area contributed by atoms with Crippen molar-refractivity contribution in [2.24, 2.45) is 0 Å². The Hall–Kier alpha value is -0.0200. The minimum absolute atomic E-state index is 0.167. The smallest absolute Gasteiger partial charge is 0.169 e. The van der Waals surface area contributed by atoms with Crippen LogP contribution in [-0.2, 0) is 16.0 Å². The van der Waals surface area contributed by atoms with Crippen LogP contribution in [0.5, 0.6) is 0 Å². The molecule has 0 bridgehead atoms. The predicted octanol–water partition coefficient (Wildman–Crippen LogP) is -0.436. The highest BCUT2D eigenvalue weighted by atomic mass is 32.2. The Morgan fingerprint density at radius 2 is 2.50 bits per heavy atom. The molecule has 1 atom stereocenters. The van der Waals surface area contributed by atoms with Crippen LogP contribution in [0.1, 0.15) is 0 Å². The molecular formula is C3H6O2S. The van der Waals surface area contributed by atoms with Crippen LogP contribution >= 0.6 is 0 Å². The number of hydrogen-bond acceptors (Lipinski definition) is 2. The molecule has 0 amide bonds. The first-order valence-corrected chi connectivity index (χ1v) is 3.23. The van der Waals surface area contributed by atoms with Gasteiger partial charge in [-0.25, -0.2) is 0 Å². The van der Waals surface area contributed by atoms with E-state index in [0.717, 1.165) is 0 Å². The van der Waals surface area contributed by atoms with E-state index in [-0.39, 0.29) is 5.75 Å². The van der Waals surface area contributed by atoms with Crippen molar-refractivity contribution in [2.75, 3.05) is 12.0 Å². The Morgan fingerprint density at radius 3 is 2.50 bits per heavy atom. The average molecular weight is 106 g/mol. The molecule has 2 nitrogen and oxygen atoms in total. The molecule has 0 saturated heterocycles. The number of carbonyl (C=O) groups excluding carboxylic acids is 1. The van der Waals surface area contributed by atoms with Gasteiger partial charge in [-0.1, -0.05) is 0 Å². The highest BCUT2D eigenvalue weighted by Crippen LogP contribution is 1.73. The third-order valence-corrected chi connectivity index (χ3v) is 0.908. The van der Waals surface area contributed by atoms with Crippen molar-refractivity contribution >= 4 is 17.5 Å². The van der Waals surface area contributed by atoms with Crippen LogP contribution in [0.15, 0.2) is 0 Å². The summed E-state index contributed by atoms with van der Waals surface area (Å²) in [7, 11) is 0. The minimum Gasteiger partial charge on any atom is -0.616 e. The number of hydrogen-bond donors (Lipinski definition) is 0. The molecule has 0 aliphatic heterocycles. The molecule has 1 unspecified atom stereocenters. The first kappa shape index (κ1) is 5.98. The van der Waals surface area contributed by atoms with Gasteiger partial charge in [0.2, 0.25) is 0 Å². The summed E-state index contributed by atoms with van der Waals surface area (Å²) in [4.78, 5) is 9.42. The molecule has 0 rings (SSSR count). The summed E-state index contributed by atoms with van der Waals surface area (Å²) in [6, 6.07) is 0. The molecule has 0 saturated carbocycles. The van der Waals surface area contributed by atoms with Gasteiger partial charge >= 0.3 is 0 Å². The fraction of sp³-hybridized carbons (Fsp3) is 0.667. The van der Waals surface area contributed by atoms with Gasteiger partial charge < -0.3 is 4.55 Å². The van der Waals surface area contributed by atoms with E-state index in [1.54, 1.807) is 0 Å². The van der Waals surface area contributed by atoms with Crippen LogP contribution < -0.4 is 0 Å². The zero-order valence-electron chi connectivity index (χ0n) is 3.51. The summed E-state index contributed by atoms with van der Waals surface area (Å²) in [5.74, 6) is 0.167. The lowest BCUT2D eigenvalue weighted by molar-refractivity contribution is -0.105. The molecule has 0 heterocycles. The first-order valence-electron chi connectivity index (χ1n) is 1.51. The fourth-order valence-electron chi connectivity index (χ4n) is 0.0958. The molecule has 0 aromatic carbocycles. The molecule has 0 aromatic heterocycles. The Kier molecular flexibility index (Phi) is 3.17. The van der Waals surface area contributed by atoms with Crippen molar-refractivity contribution in [3.63, 3.8) is 0 Å². The van der Waals surface area contributed by atoms with Crippen LogP contribution in [-0.4, -0.2) is 22.8 Å².